The van der Waals surface area contributed by atoms with Crippen LogP contribution in [0.15, 0.2) is 63.6 Å². The minimum atomic E-state index is -0.395. The Hall–Kier alpha value is -2.76. The van der Waals surface area contributed by atoms with Crippen LogP contribution in [0.25, 0.3) is 22.6 Å². The number of hydrogen-bond donors (Lipinski definition) is 1. The van der Waals surface area contributed by atoms with E-state index in [4.69, 9.17) is 32.0 Å². The van der Waals surface area contributed by atoms with E-state index in [2.05, 4.69) is 10.3 Å². The van der Waals surface area contributed by atoms with Gasteiger partial charge in [-0.1, -0.05) is 23.2 Å². The number of fused-ring (bicyclic) bond motifs is 1. The van der Waals surface area contributed by atoms with Crippen LogP contribution >= 0.6 is 23.2 Å². The summed E-state index contributed by atoms with van der Waals surface area (Å²) in [6, 6.07) is 13.5. The summed E-state index contributed by atoms with van der Waals surface area (Å²) in [5, 5.41) is 3.68. The molecule has 4 aromatic rings. The number of nitrogens with one attached hydrogen (secondary N) is 1. The average Bonchev–Trinajstić information content (AvgIpc) is 3.25. The molecule has 0 aliphatic heterocycles. The maximum Gasteiger partial charge on any atom is 0.291 e. The Morgan fingerprint density at radius 2 is 1.96 bits per heavy atom. The van der Waals surface area contributed by atoms with Crippen LogP contribution in [0.1, 0.15) is 10.6 Å². The van der Waals surface area contributed by atoms with E-state index in [9.17, 15) is 4.79 Å². The molecule has 0 saturated heterocycles. The van der Waals surface area contributed by atoms with E-state index in [1.807, 2.05) is 0 Å². The Bertz CT molecular complexity index is 1070. The lowest BCUT2D eigenvalue weighted by Crippen LogP contribution is -2.11. The molecule has 1 amide bonds. The highest BCUT2D eigenvalue weighted by molar-refractivity contribution is 6.34. The normalized spacial score (nSPS) is 11.0. The Balaban J connectivity index is 1.69. The number of anilines is 1. The highest BCUT2D eigenvalue weighted by Crippen LogP contribution is 2.31. The van der Waals surface area contributed by atoms with Crippen molar-refractivity contribution in [1.82, 2.24) is 4.98 Å². The zero-order chi connectivity index (χ0) is 17.4. The molecule has 0 fully saturated rings. The second-order valence-corrected chi connectivity index (χ2v) is 6.10. The van der Waals surface area contributed by atoms with Gasteiger partial charge < -0.3 is 14.2 Å². The summed E-state index contributed by atoms with van der Waals surface area (Å²) in [5.41, 5.74) is 2.38. The first kappa shape index (κ1) is 15.7. The Kier molecular flexibility index (Phi) is 3.95. The number of halogens is 2. The molecule has 0 radical (unpaired) electrons. The van der Waals surface area contributed by atoms with Gasteiger partial charge in [-0.05, 0) is 48.5 Å². The van der Waals surface area contributed by atoms with E-state index in [1.54, 1.807) is 48.5 Å². The summed E-state index contributed by atoms with van der Waals surface area (Å²) in [5.74, 6) is 0.203. The number of nitrogens with zero attached hydrogens (tertiary/aromatic N) is 1. The van der Waals surface area contributed by atoms with Crippen LogP contribution in [0, 0.1) is 0 Å². The van der Waals surface area contributed by atoms with E-state index in [0.717, 1.165) is 0 Å². The molecular weight excluding hydrogens is 363 g/mol. The molecule has 7 heteroatoms. The van der Waals surface area contributed by atoms with E-state index in [0.29, 0.717) is 38.3 Å². The molecular formula is C18H10Cl2N2O3. The van der Waals surface area contributed by atoms with Gasteiger partial charge in [-0.2, -0.15) is 0 Å². The van der Waals surface area contributed by atoms with Gasteiger partial charge in [-0.25, -0.2) is 4.98 Å². The summed E-state index contributed by atoms with van der Waals surface area (Å²) in [6.07, 6.45) is 1.43. The van der Waals surface area contributed by atoms with Crippen molar-refractivity contribution in [2.75, 3.05) is 5.32 Å². The number of carbonyl (C=O) groups is 1. The zero-order valence-electron chi connectivity index (χ0n) is 12.6. The molecule has 1 N–H and O–H groups in total. The Morgan fingerprint density at radius 3 is 2.76 bits per heavy atom. The fraction of sp³-hybridized carbons (Fsp3) is 0. The molecule has 2 aromatic heterocycles. The molecule has 0 unspecified atom stereocenters. The largest absolute Gasteiger partial charge is 0.459 e. The van der Waals surface area contributed by atoms with Crippen LogP contribution < -0.4 is 5.32 Å². The molecule has 0 saturated carbocycles. The third-order valence-electron chi connectivity index (χ3n) is 3.56. The van der Waals surface area contributed by atoms with Crippen LogP contribution in [0.2, 0.25) is 10.0 Å². The first-order valence-electron chi connectivity index (χ1n) is 7.31. The van der Waals surface area contributed by atoms with Crippen molar-refractivity contribution in [2.45, 2.75) is 0 Å². The number of aromatic nitrogens is 1. The molecule has 0 bridgehead atoms. The molecule has 0 aliphatic carbocycles. The number of rotatable bonds is 3. The predicted octanol–water partition coefficient (Wildman–Crippen LogP) is 5.65. The molecule has 25 heavy (non-hydrogen) atoms. The van der Waals surface area contributed by atoms with E-state index < -0.39 is 5.91 Å². The van der Waals surface area contributed by atoms with Gasteiger partial charge in [0, 0.05) is 10.6 Å². The van der Waals surface area contributed by atoms with Gasteiger partial charge in [0.1, 0.15) is 5.52 Å². The van der Waals surface area contributed by atoms with E-state index >= 15 is 0 Å². The van der Waals surface area contributed by atoms with Crippen molar-refractivity contribution < 1.29 is 13.6 Å². The maximum absolute atomic E-state index is 12.1. The Morgan fingerprint density at radius 1 is 1.08 bits per heavy atom. The summed E-state index contributed by atoms with van der Waals surface area (Å²) >= 11 is 12.1. The van der Waals surface area contributed by atoms with Crippen molar-refractivity contribution in [1.29, 1.82) is 0 Å². The van der Waals surface area contributed by atoms with Gasteiger partial charge in [0.2, 0.25) is 5.89 Å². The molecule has 2 aromatic carbocycles. The van der Waals surface area contributed by atoms with Gasteiger partial charge >= 0.3 is 0 Å². The van der Waals surface area contributed by atoms with Crippen LogP contribution in [0.5, 0.6) is 0 Å². The number of furan rings is 1. The lowest BCUT2D eigenvalue weighted by molar-refractivity contribution is 0.0996. The van der Waals surface area contributed by atoms with Gasteiger partial charge in [0.15, 0.2) is 11.3 Å². The maximum atomic E-state index is 12.1. The van der Waals surface area contributed by atoms with Crippen LogP contribution in [0.4, 0.5) is 5.69 Å². The average molecular weight is 373 g/mol. The second kappa shape index (κ2) is 6.27. The number of amides is 1. The third kappa shape index (κ3) is 3.12. The number of hydrogen-bond acceptors (Lipinski definition) is 4. The SMILES string of the molecule is O=C(Nc1cc(-c2nc3cc(Cl)ccc3o2)ccc1Cl)c1ccco1. The van der Waals surface area contributed by atoms with E-state index in [-0.39, 0.29) is 5.76 Å². The molecule has 0 atom stereocenters. The molecule has 0 spiro atoms. The molecule has 5 nitrogen and oxygen atoms in total. The Labute approximate surface area is 152 Å². The smallest absolute Gasteiger partial charge is 0.291 e. The lowest BCUT2D eigenvalue weighted by Gasteiger charge is -2.07. The van der Waals surface area contributed by atoms with Gasteiger partial charge in [0.05, 0.1) is 17.0 Å². The van der Waals surface area contributed by atoms with Gasteiger partial charge in [-0.15, -0.1) is 0 Å². The fourth-order valence-corrected chi connectivity index (χ4v) is 2.70. The number of carbonyl (C=O) groups excluding carboxylic acids is 1. The fourth-order valence-electron chi connectivity index (χ4n) is 2.37. The first-order valence-corrected chi connectivity index (χ1v) is 8.06. The van der Waals surface area contributed by atoms with E-state index in [1.165, 1.54) is 6.26 Å². The topological polar surface area (TPSA) is 68.3 Å². The van der Waals surface area contributed by atoms with Crippen molar-refractivity contribution in [3.05, 3.63) is 70.6 Å². The van der Waals surface area contributed by atoms with Crippen LogP contribution in [0.3, 0.4) is 0 Å². The quantitative estimate of drug-likeness (QED) is 0.504. The number of oxazole rings is 1. The molecule has 4 rings (SSSR count). The molecule has 2 heterocycles. The minimum absolute atomic E-state index is 0.193. The lowest BCUT2D eigenvalue weighted by atomic mass is 10.2. The highest BCUT2D eigenvalue weighted by atomic mass is 35.5. The van der Waals surface area contributed by atoms with Gasteiger partial charge in [-0.3, -0.25) is 4.79 Å². The van der Waals surface area contributed by atoms with Crippen molar-refractivity contribution in [3.63, 3.8) is 0 Å². The molecule has 124 valence electrons. The summed E-state index contributed by atoms with van der Waals surface area (Å²) in [7, 11) is 0. The highest BCUT2D eigenvalue weighted by Gasteiger charge is 2.14. The second-order valence-electron chi connectivity index (χ2n) is 5.26. The summed E-state index contributed by atoms with van der Waals surface area (Å²) in [6.45, 7) is 0. The van der Waals surface area contributed by atoms with Crippen molar-refractivity contribution >= 4 is 45.9 Å². The summed E-state index contributed by atoms with van der Waals surface area (Å²) in [4.78, 5) is 16.6. The first-order chi connectivity index (χ1) is 12.1. The summed E-state index contributed by atoms with van der Waals surface area (Å²) < 4.78 is 10.8. The van der Waals surface area contributed by atoms with Crippen molar-refractivity contribution in [2.24, 2.45) is 0 Å². The minimum Gasteiger partial charge on any atom is -0.459 e. The monoisotopic (exact) mass is 372 g/mol. The van der Waals surface area contributed by atoms with Crippen LogP contribution in [-0.4, -0.2) is 10.9 Å². The predicted molar refractivity (Wildman–Crippen MR) is 96.1 cm³/mol. The number of benzene rings is 2. The van der Waals surface area contributed by atoms with Crippen LogP contribution in [-0.2, 0) is 0 Å². The zero-order valence-corrected chi connectivity index (χ0v) is 14.1. The van der Waals surface area contributed by atoms with Gasteiger partial charge in [0.25, 0.3) is 5.91 Å². The molecule has 0 aliphatic rings. The standard InChI is InChI=1S/C18H10Cl2N2O3/c19-11-4-6-15-14(9-11)22-18(25-15)10-3-5-12(20)13(8-10)21-17(23)16-2-1-7-24-16/h1-9H,(H,21,23). The third-order valence-corrected chi connectivity index (χ3v) is 4.12. The van der Waals surface area contributed by atoms with Crippen molar-refractivity contribution in [3.8, 4) is 11.5 Å².